The molecule has 2 amide bonds. The Morgan fingerprint density at radius 3 is 2.17 bits per heavy atom. The standard InChI is InChI=1S/C27H35FN4O3/c1-5-21-7-9-22(10-8-21)15-17-32(19-23-11-13-24(28)14-12-23)25(26(29-2)31(4)20-34)27(35)30(3)16-6-18-33/h7-14,20,33H,2,5-6,15-19H2,1,3-4H3/b26-25+. The SMILES string of the molecule is C=N/C(=C(/C(=O)N(C)CCCO)N(CCc1ccc(CC)cc1)Cc1ccc(F)cc1)N(C)C=O. The number of halogens is 1. The highest BCUT2D eigenvalue weighted by atomic mass is 19.1. The fourth-order valence-electron chi connectivity index (χ4n) is 3.65. The number of aryl methyl sites for hydroxylation is 1. The second kappa shape index (κ2) is 14.0. The molecule has 188 valence electrons. The lowest BCUT2D eigenvalue weighted by atomic mass is 10.1. The highest BCUT2D eigenvalue weighted by Gasteiger charge is 2.27. The first-order valence-electron chi connectivity index (χ1n) is 11.7. The minimum absolute atomic E-state index is 0.0511. The fraction of sp³-hybridized carbons (Fsp3) is 0.370. The number of amides is 2. The summed E-state index contributed by atoms with van der Waals surface area (Å²) in [5.41, 5.74) is 3.35. The Kier molecular flexibility index (Phi) is 11.1. The molecule has 2 rings (SSSR count). The number of rotatable bonds is 14. The van der Waals surface area contributed by atoms with E-state index in [-0.39, 0.29) is 29.8 Å². The van der Waals surface area contributed by atoms with Crippen LogP contribution in [-0.2, 0) is 29.0 Å². The van der Waals surface area contributed by atoms with Gasteiger partial charge in [-0.25, -0.2) is 9.38 Å². The summed E-state index contributed by atoms with van der Waals surface area (Å²) in [5.74, 6) is -0.566. The van der Waals surface area contributed by atoms with Gasteiger partial charge in [0.15, 0.2) is 5.82 Å². The van der Waals surface area contributed by atoms with Crippen molar-refractivity contribution in [2.75, 3.05) is 33.8 Å². The molecule has 0 atom stereocenters. The average molecular weight is 483 g/mol. The summed E-state index contributed by atoms with van der Waals surface area (Å²) in [7, 11) is 3.15. The Morgan fingerprint density at radius 2 is 1.63 bits per heavy atom. The average Bonchev–Trinajstić information content (AvgIpc) is 2.89. The van der Waals surface area contributed by atoms with Crippen molar-refractivity contribution < 1.29 is 19.1 Å². The van der Waals surface area contributed by atoms with Gasteiger partial charge in [0.05, 0.1) is 0 Å². The molecule has 0 radical (unpaired) electrons. The molecule has 0 spiro atoms. The second-order valence-corrected chi connectivity index (χ2v) is 8.32. The third kappa shape index (κ3) is 8.03. The lowest BCUT2D eigenvalue weighted by Gasteiger charge is -2.32. The normalized spacial score (nSPS) is 11.5. The zero-order chi connectivity index (χ0) is 25.8. The Balaban J connectivity index is 2.50. The number of benzene rings is 2. The summed E-state index contributed by atoms with van der Waals surface area (Å²) in [4.78, 5) is 33.8. The smallest absolute Gasteiger partial charge is 0.273 e. The molecule has 0 aliphatic carbocycles. The highest BCUT2D eigenvalue weighted by molar-refractivity contribution is 5.93. The maximum Gasteiger partial charge on any atom is 0.273 e. The predicted octanol–water partition coefficient (Wildman–Crippen LogP) is 3.23. The molecule has 0 fully saturated rings. The maximum atomic E-state index is 13.6. The Bertz CT molecular complexity index is 1010. The van der Waals surface area contributed by atoms with Gasteiger partial charge in [0.25, 0.3) is 5.91 Å². The molecule has 8 heteroatoms. The Morgan fingerprint density at radius 1 is 1.03 bits per heavy atom. The van der Waals surface area contributed by atoms with Crippen molar-refractivity contribution in [3.8, 4) is 0 Å². The molecule has 1 N–H and O–H groups in total. The van der Waals surface area contributed by atoms with Crippen LogP contribution < -0.4 is 0 Å². The lowest BCUT2D eigenvalue weighted by Crippen LogP contribution is -2.40. The first-order chi connectivity index (χ1) is 16.8. The minimum atomic E-state index is -0.349. The topological polar surface area (TPSA) is 76.5 Å². The molecule has 0 bridgehead atoms. The van der Waals surface area contributed by atoms with Crippen LogP contribution in [0.2, 0.25) is 0 Å². The molecule has 0 unspecified atom stereocenters. The molecule has 7 nitrogen and oxygen atoms in total. The Labute approximate surface area is 207 Å². The predicted molar refractivity (Wildman–Crippen MR) is 136 cm³/mol. The van der Waals surface area contributed by atoms with Gasteiger partial charge in [-0.2, -0.15) is 0 Å². The summed E-state index contributed by atoms with van der Waals surface area (Å²) in [6, 6.07) is 14.4. The third-order valence-corrected chi connectivity index (χ3v) is 5.76. The van der Waals surface area contributed by atoms with Crippen molar-refractivity contribution >= 4 is 19.0 Å². The molecular formula is C27H35FN4O3. The molecule has 2 aromatic carbocycles. The molecular weight excluding hydrogens is 447 g/mol. The van der Waals surface area contributed by atoms with E-state index in [4.69, 9.17) is 0 Å². The summed E-state index contributed by atoms with van der Waals surface area (Å²) in [6.07, 6.45) is 2.57. The largest absolute Gasteiger partial charge is 0.396 e. The maximum absolute atomic E-state index is 13.6. The van der Waals surface area contributed by atoms with E-state index in [2.05, 4.69) is 42.9 Å². The van der Waals surface area contributed by atoms with E-state index in [0.29, 0.717) is 38.9 Å². The van der Waals surface area contributed by atoms with Crippen molar-refractivity contribution in [1.29, 1.82) is 0 Å². The number of likely N-dealkylation sites (N-methyl/N-ethyl adjacent to an activating group) is 1. The molecule has 0 aliphatic rings. The van der Waals surface area contributed by atoms with Gasteiger partial charge >= 0.3 is 0 Å². The van der Waals surface area contributed by atoms with E-state index in [1.165, 1.54) is 34.5 Å². The van der Waals surface area contributed by atoms with E-state index in [0.717, 1.165) is 17.5 Å². The third-order valence-electron chi connectivity index (χ3n) is 5.76. The van der Waals surface area contributed by atoms with E-state index < -0.39 is 0 Å². The number of hydrogen-bond acceptors (Lipinski definition) is 5. The van der Waals surface area contributed by atoms with Gasteiger partial charge in [0.2, 0.25) is 6.41 Å². The highest BCUT2D eigenvalue weighted by Crippen LogP contribution is 2.21. The van der Waals surface area contributed by atoms with Gasteiger partial charge in [-0.05, 0) is 54.8 Å². The van der Waals surface area contributed by atoms with Gasteiger partial charge in [0, 0.05) is 40.3 Å². The van der Waals surface area contributed by atoms with Gasteiger partial charge in [-0.3, -0.25) is 9.59 Å². The van der Waals surface area contributed by atoms with E-state index >= 15 is 0 Å². The van der Waals surface area contributed by atoms with Gasteiger partial charge in [-0.15, -0.1) is 0 Å². The zero-order valence-electron chi connectivity index (χ0n) is 20.8. The summed E-state index contributed by atoms with van der Waals surface area (Å²) in [5, 5.41) is 9.22. The number of aliphatic hydroxyl groups excluding tert-OH is 1. The summed E-state index contributed by atoms with van der Waals surface area (Å²) >= 11 is 0. The molecule has 2 aromatic rings. The second-order valence-electron chi connectivity index (χ2n) is 8.32. The van der Waals surface area contributed by atoms with Crippen LogP contribution in [-0.4, -0.2) is 72.6 Å². The van der Waals surface area contributed by atoms with Crippen LogP contribution in [0.5, 0.6) is 0 Å². The van der Waals surface area contributed by atoms with Crippen LogP contribution in [0, 0.1) is 5.82 Å². The fourth-order valence-corrected chi connectivity index (χ4v) is 3.65. The Hall–Kier alpha value is -3.52. The lowest BCUT2D eigenvalue weighted by molar-refractivity contribution is -0.128. The number of aliphatic imine (C=N–C) groups is 1. The van der Waals surface area contributed by atoms with Crippen molar-refractivity contribution in [2.24, 2.45) is 4.99 Å². The van der Waals surface area contributed by atoms with Crippen LogP contribution in [0.15, 0.2) is 65.0 Å². The number of aliphatic hydroxyl groups is 1. The van der Waals surface area contributed by atoms with E-state index in [9.17, 15) is 19.1 Å². The molecule has 0 saturated carbocycles. The summed E-state index contributed by atoms with van der Waals surface area (Å²) < 4.78 is 13.5. The van der Waals surface area contributed by atoms with E-state index in [1.807, 2.05) is 4.90 Å². The molecule has 0 saturated heterocycles. The van der Waals surface area contributed by atoms with Gasteiger partial charge < -0.3 is 19.8 Å². The number of hydrogen-bond donors (Lipinski definition) is 1. The molecule has 0 aromatic heterocycles. The molecule has 0 aliphatic heterocycles. The van der Waals surface area contributed by atoms with Crippen LogP contribution in [0.1, 0.15) is 30.0 Å². The van der Waals surface area contributed by atoms with E-state index in [1.54, 1.807) is 19.2 Å². The summed E-state index contributed by atoms with van der Waals surface area (Å²) in [6.45, 7) is 6.72. The number of nitrogens with zero attached hydrogens (tertiary/aromatic N) is 4. The van der Waals surface area contributed by atoms with Crippen molar-refractivity contribution in [1.82, 2.24) is 14.7 Å². The van der Waals surface area contributed by atoms with Crippen LogP contribution in [0.3, 0.4) is 0 Å². The first-order valence-corrected chi connectivity index (χ1v) is 11.7. The number of carbonyl (C=O) groups is 2. The van der Waals surface area contributed by atoms with Gasteiger partial charge in [-0.1, -0.05) is 43.3 Å². The monoisotopic (exact) mass is 482 g/mol. The minimum Gasteiger partial charge on any atom is -0.396 e. The van der Waals surface area contributed by atoms with Crippen molar-refractivity contribution in [3.63, 3.8) is 0 Å². The molecule has 35 heavy (non-hydrogen) atoms. The van der Waals surface area contributed by atoms with Crippen LogP contribution >= 0.6 is 0 Å². The van der Waals surface area contributed by atoms with Gasteiger partial charge in [0.1, 0.15) is 11.5 Å². The van der Waals surface area contributed by atoms with Crippen molar-refractivity contribution in [2.45, 2.75) is 32.7 Å². The van der Waals surface area contributed by atoms with Crippen LogP contribution in [0.4, 0.5) is 4.39 Å². The zero-order valence-corrected chi connectivity index (χ0v) is 20.8. The first kappa shape index (κ1) is 27.7. The number of carbonyl (C=O) groups excluding carboxylic acids is 2. The molecule has 0 heterocycles. The van der Waals surface area contributed by atoms with Crippen LogP contribution in [0.25, 0.3) is 0 Å². The quantitative estimate of drug-likeness (QED) is 0.255. The van der Waals surface area contributed by atoms with Crippen molar-refractivity contribution in [3.05, 3.63) is 82.6 Å².